The van der Waals surface area contributed by atoms with Crippen LogP contribution < -0.4 is 5.32 Å². The predicted molar refractivity (Wildman–Crippen MR) is 77.0 cm³/mol. The lowest BCUT2D eigenvalue weighted by atomic mass is 10.1. The Labute approximate surface area is 116 Å². The van der Waals surface area contributed by atoms with Gasteiger partial charge in [0, 0.05) is 37.4 Å². The Bertz CT molecular complexity index is 435. The largest absolute Gasteiger partial charge is 0.342 e. The minimum absolute atomic E-state index is 0.133. The van der Waals surface area contributed by atoms with Crippen LogP contribution in [0.25, 0.3) is 0 Å². The molecular weight excluding hydrogens is 240 g/mol. The van der Waals surface area contributed by atoms with Crippen molar-refractivity contribution in [3.8, 4) is 0 Å². The first kappa shape index (κ1) is 15.7. The van der Waals surface area contributed by atoms with E-state index in [2.05, 4.69) is 24.3 Å². The quantitative estimate of drug-likeness (QED) is 0.850. The second-order valence-electron chi connectivity index (χ2n) is 4.88. The maximum atomic E-state index is 12.0. The summed E-state index contributed by atoms with van der Waals surface area (Å²) >= 11 is 0. The van der Waals surface area contributed by atoms with E-state index in [4.69, 9.17) is 0 Å². The van der Waals surface area contributed by atoms with E-state index in [-0.39, 0.29) is 11.9 Å². The van der Waals surface area contributed by atoms with Gasteiger partial charge in [-0.05, 0) is 34.6 Å². The number of carbonyl (C=O) groups excluding carboxylic acids is 1. The summed E-state index contributed by atoms with van der Waals surface area (Å²) in [6, 6.07) is 0.133. The topological polar surface area (TPSA) is 50.2 Å². The van der Waals surface area contributed by atoms with Crippen LogP contribution in [0.2, 0.25) is 0 Å². The number of nitrogens with zero attached hydrogens (tertiary/aromatic N) is 3. The lowest BCUT2D eigenvalue weighted by Gasteiger charge is -2.21. The molecule has 1 aromatic heterocycles. The van der Waals surface area contributed by atoms with Crippen molar-refractivity contribution in [2.45, 2.75) is 40.7 Å². The van der Waals surface area contributed by atoms with E-state index in [9.17, 15) is 4.79 Å². The van der Waals surface area contributed by atoms with Gasteiger partial charge in [0.25, 0.3) is 0 Å². The number of likely N-dealkylation sites (N-methyl/N-ethyl adjacent to an activating group) is 1. The summed E-state index contributed by atoms with van der Waals surface area (Å²) in [5.41, 5.74) is 3.36. The van der Waals surface area contributed by atoms with Gasteiger partial charge in [-0.25, -0.2) is 0 Å². The molecule has 19 heavy (non-hydrogen) atoms. The van der Waals surface area contributed by atoms with E-state index in [1.54, 1.807) is 0 Å². The van der Waals surface area contributed by atoms with Crippen molar-refractivity contribution in [2.75, 3.05) is 19.6 Å². The average Bonchev–Trinajstić information content (AvgIpc) is 2.62. The highest BCUT2D eigenvalue weighted by atomic mass is 16.2. The van der Waals surface area contributed by atoms with Crippen LogP contribution in [0, 0.1) is 13.8 Å². The van der Waals surface area contributed by atoms with E-state index in [0.717, 1.165) is 24.5 Å². The highest BCUT2D eigenvalue weighted by Gasteiger charge is 2.17. The third kappa shape index (κ3) is 3.56. The maximum Gasteiger partial charge on any atom is 0.236 e. The van der Waals surface area contributed by atoms with Crippen molar-refractivity contribution in [1.82, 2.24) is 20.0 Å². The molecule has 0 saturated heterocycles. The van der Waals surface area contributed by atoms with Crippen LogP contribution in [0.15, 0.2) is 0 Å². The first-order valence-electron chi connectivity index (χ1n) is 6.93. The maximum absolute atomic E-state index is 12.0. The number of carbonyl (C=O) groups is 1. The molecule has 1 amide bonds. The Kier molecular flexibility index (Phi) is 5.54. The van der Waals surface area contributed by atoms with Gasteiger partial charge in [0.15, 0.2) is 0 Å². The molecule has 0 aliphatic carbocycles. The van der Waals surface area contributed by atoms with Crippen molar-refractivity contribution < 1.29 is 4.79 Å². The fourth-order valence-electron chi connectivity index (χ4n) is 2.45. The Morgan fingerprint density at radius 1 is 1.37 bits per heavy atom. The molecule has 1 rings (SSSR count). The van der Waals surface area contributed by atoms with Crippen molar-refractivity contribution in [3.63, 3.8) is 0 Å². The Hall–Kier alpha value is -1.36. The summed E-state index contributed by atoms with van der Waals surface area (Å²) in [7, 11) is 1.94. The molecule has 0 aliphatic rings. The molecule has 0 saturated carbocycles. The van der Waals surface area contributed by atoms with E-state index in [1.165, 1.54) is 5.56 Å². The molecule has 0 bridgehead atoms. The first-order valence-corrected chi connectivity index (χ1v) is 6.93. The third-order valence-corrected chi connectivity index (χ3v) is 3.67. The molecule has 0 aliphatic heterocycles. The molecule has 1 atom stereocenters. The van der Waals surface area contributed by atoms with E-state index < -0.39 is 0 Å². The van der Waals surface area contributed by atoms with Gasteiger partial charge < -0.3 is 10.2 Å². The second-order valence-corrected chi connectivity index (χ2v) is 4.88. The van der Waals surface area contributed by atoms with Crippen molar-refractivity contribution in [1.29, 1.82) is 0 Å². The van der Waals surface area contributed by atoms with Crippen LogP contribution in [-0.2, 0) is 11.8 Å². The van der Waals surface area contributed by atoms with Crippen molar-refractivity contribution in [3.05, 3.63) is 17.0 Å². The summed E-state index contributed by atoms with van der Waals surface area (Å²) < 4.78 is 1.88. The van der Waals surface area contributed by atoms with Gasteiger partial charge in [0.1, 0.15) is 0 Å². The van der Waals surface area contributed by atoms with Gasteiger partial charge >= 0.3 is 0 Å². The van der Waals surface area contributed by atoms with Gasteiger partial charge in [0.2, 0.25) is 5.91 Å². The van der Waals surface area contributed by atoms with Crippen molar-refractivity contribution >= 4 is 5.91 Å². The number of hydrogen-bond acceptors (Lipinski definition) is 3. The number of rotatable bonds is 6. The normalized spacial score (nSPS) is 12.5. The summed E-state index contributed by atoms with van der Waals surface area (Å²) in [6.07, 6.45) is 0. The van der Waals surface area contributed by atoms with Crippen LogP contribution in [-0.4, -0.2) is 40.2 Å². The number of hydrogen-bond donors (Lipinski definition) is 1. The molecule has 0 radical (unpaired) electrons. The fraction of sp³-hybridized carbons (Fsp3) is 0.714. The summed E-state index contributed by atoms with van der Waals surface area (Å²) in [5.74, 6) is 0.149. The van der Waals surface area contributed by atoms with E-state index >= 15 is 0 Å². The molecule has 1 unspecified atom stereocenters. The molecule has 1 aromatic rings. The molecule has 1 heterocycles. The zero-order valence-corrected chi connectivity index (χ0v) is 12.9. The molecule has 0 spiro atoms. The average molecular weight is 266 g/mol. The zero-order valence-electron chi connectivity index (χ0n) is 12.9. The molecule has 0 fully saturated rings. The number of nitrogens with one attached hydrogen (secondary N) is 1. The monoisotopic (exact) mass is 266 g/mol. The number of aromatic nitrogens is 2. The fourth-order valence-corrected chi connectivity index (χ4v) is 2.45. The van der Waals surface area contributed by atoms with E-state index in [1.807, 2.05) is 37.4 Å². The van der Waals surface area contributed by atoms with E-state index in [0.29, 0.717) is 6.54 Å². The standard InChI is InChI=1S/C14H26N4O/c1-7-18(8-2)13(19)9-15-10(3)14-11(4)16-17(6)12(14)5/h10,15H,7-9H2,1-6H3. The first-order chi connectivity index (χ1) is 8.92. The van der Waals surface area contributed by atoms with Crippen LogP contribution >= 0.6 is 0 Å². The Morgan fingerprint density at radius 3 is 2.37 bits per heavy atom. The lowest BCUT2D eigenvalue weighted by molar-refractivity contribution is -0.129. The minimum atomic E-state index is 0.133. The van der Waals surface area contributed by atoms with Crippen LogP contribution in [0.1, 0.15) is 43.8 Å². The van der Waals surface area contributed by atoms with Crippen LogP contribution in [0.4, 0.5) is 0 Å². The van der Waals surface area contributed by atoms with Crippen LogP contribution in [0.5, 0.6) is 0 Å². The smallest absolute Gasteiger partial charge is 0.236 e. The van der Waals surface area contributed by atoms with Gasteiger partial charge in [-0.15, -0.1) is 0 Å². The van der Waals surface area contributed by atoms with Gasteiger partial charge in [-0.3, -0.25) is 9.48 Å². The zero-order chi connectivity index (χ0) is 14.6. The Balaban J connectivity index is 2.65. The lowest BCUT2D eigenvalue weighted by Crippen LogP contribution is -2.38. The third-order valence-electron chi connectivity index (χ3n) is 3.67. The highest BCUT2D eigenvalue weighted by Crippen LogP contribution is 2.20. The highest BCUT2D eigenvalue weighted by molar-refractivity contribution is 5.78. The number of aryl methyl sites for hydroxylation is 2. The Morgan fingerprint density at radius 2 is 1.95 bits per heavy atom. The molecule has 5 nitrogen and oxygen atoms in total. The van der Waals surface area contributed by atoms with Gasteiger partial charge in [-0.1, -0.05) is 0 Å². The van der Waals surface area contributed by atoms with Crippen molar-refractivity contribution in [2.24, 2.45) is 7.05 Å². The summed E-state index contributed by atoms with van der Waals surface area (Å²) in [4.78, 5) is 13.8. The predicted octanol–water partition coefficient (Wildman–Crippen LogP) is 1.56. The SMILES string of the molecule is CCN(CC)C(=O)CNC(C)c1c(C)nn(C)c1C. The molecule has 5 heteroatoms. The molecule has 0 aromatic carbocycles. The van der Waals surface area contributed by atoms with Crippen LogP contribution in [0.3, 0.4) is 0 Å². The summed E-state index contributed by atoms with van der Waals surface area (Å²) in [5, 5.41) is 7.71. The van der Waals surface area contributed by atoms with Gasteiger partial charge in [-0.2, -0.15) is 5.10 Å². The van der Waals surface area contributed by atoms with Gasteiger partial charge in [0.05, 0.1) is 12.2 Å². The molecule has 1 N–H and O–H groups in total. The number of amides is 1. The summed E-state index contributed by atoms with van der Waals surface area (Å²) in [6.45, 7) is 12.0. The molecular formula is C14H26N4O. The second kappa shape index (κ2) is 6.70. The minimum Gasteiger partial charge on any atom is -0.342 e. The molecule has 108 valence electrons.